The summed E-state index contributed by atoms with van der Waals surface area (Å²) < 4.78 is 2.73. The summed E-state index contributed by atoms with van der Waals surface area (Å²) in [6.07, 6.45) is 1.01. The van der Waals surface area contributed by atoms with Crippen molar-refractivity contribution in [3.8, 4) is 0 Å². The van der Waals surface area contributed by atoms with Crippen LogP contribution in [0.25, 0.3) is 0 Å². The molecule has 0 aliphatic carbocycles. The molecule has 3 aromatic rings. The van der Waals surface area contributed by atoms with Gasteiger partial charge in [-0.2, -0.15) is 0 Å². The number of thiophene rings is 2. The number of aromatic nitrogens is 2. The van der Waals surface area contributed by atoms with Crippen molar-refractivity contribution in [3.63, 3.8) is 0 Å². The third kappa shape index (κ3) is 2.82. The van der Waals surface area contributed by atoms with Crippen molar-refractivity contribution in [1.82, 2.24) is 14.0 Å². The van der Waals surface area contributed by atoms with Gasteiger partial charge in [0.05, 0.1) is 6.04 Å². The van der Waals surface area contributed by atoms with Gasteiger partial charge in [0.15, 0.2) is 0 Å². The standard InChI is InChI=1S/C18H19N3O2S2/c1-19-12(10-16(22)20(2)18(19)23)11-21-7-5-14-13(6-9-25-14)17(21)15-4-3-8-24-15/h3-4,6,8-10,17H,5,7,11H2,1-2H3/t17-/m0/s1. The van der Waals surface area contributed by atoms with E-state index in [4.69, 9.17) is 0 Å². The zero-order valence-corrected chi connectivity index (χ0v) is 15.8. The topological polar surface area (TPSA) is 47.2 Å². The molecule has 0 amide bonds. The molecule has 5 nitrogen and oxygen atoms in total. The predicted octanol–water partition coefficient (Wildman–Crippen LogP) is 2.35. The van der Waals surface area contributed by atoms with Crippen LogP contribution >= 0.6 is 22.7 Å². The van der Waals surface area contributed by atoms with E-state index in [9.17, 15) is 9.59 Å². The van der Waals surface area contributed by atoms with Crippen LogP contribution in [-0.4, -0.2) is 20.6 Å². The molecule has 7 heteroatoms. The summed E-state index contributed by atoms with van der Waals surface area (Å²) in [5, 5.41) is 4.25. The van der Waals surface area contributed by atoms with Gasteiger partial charge in [0.2, 0.25) is 0 Å². The molecule has 25 heavy (non-hydrogen) atoms. The lowest BCUT2D eigenvalue weighted by molar-refractivity contribution is 0.203. The third-order valence-electron chi connectivity index (χ3n) is 4.87. The molecule has 4 heterocycles. The van der Waals surface area contributed by atoms with Crippen LogP contribution in [0, 0.1) is 0 Å². The molecule has 1 aliphatic heterocycles. The highest BCUT2D eigenvalue weighted by Gasteiger charge is 2.30. The molecule has 4 rings (SSSR count). The second kappa shape index (κ2) is 6.40. The van der Waals surface area contributed by atoms with Crippen molar-refractivity contribution < 1.29 is 0 Å². The zero-order valence-electron chi connectivity index (χ0n) is 14.1. The maximum Gasteiger partial charge on any atom is 0.330 e. The van der Waals surface area contributed by atoms with E-state index in [2.05, 4.69) is 33.9 Å². The van der Waals surface area contributed by atoms with Crippen molar-refractivity contribution in [3.05, 3.63) is 76.9 Å². The highest BCUT2D eigenvalue weighted by molar-refractivity contribution is 7.10. The Kier molecular flexibility index (Phi) is 4.23. The molecule has 1 atom stereocenters. The van der Waals surface area contributed by atoms with Gasteiger partial charge in [-0.25, -0.2) is 4.79 Å². The molecule has 3 aromatic heterocycles. The molecule has 0 saturated heterocycles. The molecule has 0 N–H and O–H groups in total. The van der Waals surface area contributed by atoms with Gasteiger partial charge in [-0.3, -0.25) is 18.8 Å². The Morgan fingerprint density at radius 2 is 1.96 bits per heavy atom. The molecular formula is C18H19N3O2S2. The largest absolute Gasteiger partial charge is 0.330 e. The molecular weight excluding hydrogens is 354 g/mol. The predicted molar refractivity (Wildman–Crippen MR) is 102 cm³/mol. The van der Waals surface area contributed by atoms with E-state index < -0.39 is 0 Å². The van der Waals surface area contributed by atoms with E-state index in [1.165, 1.54) is 22.4 Å². The summed E-state index contributed by atoms with van der Waals surface area (Å²) in [6.45, 7) is 1.50. The van der Waals surface area contributed by atoms with Crippen LogP contribution in [0.5, 0.6) is 0 Å². The highest BCUT2D eigenvalue weighted by atomic mass is 32.1. The lowest BCUT2D eigenvalue weighted by Gasteiger charge is -2.35. The van der Waals surface area contributed by atoms with Gasteiger partial charge in [-0.15, -0.1) is 22.7 Å². The fourth-order valence-electron chi connectivity index (χ4n) is 3.46. The number of nitrogens with zero attached hydrogens (tertiary/aromatic N) is 3. The van der Waals surface area contributed by atoms with Crippen LogP contribution < -0.4 is 11.2 Å². The Morgan fingerprint density at radius 3 is 2.72 bits per heavy atom. The van der Waals surface area contributed by atoms with Crippen molar-refractivity contribution in [2.45, 2.75) is 19.0 Å². The van der Waals surface area contributed by atoms with Gasteiger partial charge in [-0.05, 0) is 34.9 Å². The average molecular weight is 374 g/mol. The van der Waals surface area contributed by atoms with Gasteiger partial charge in [0, 0.05) is 48.7 Å². The van der Waals surface area contributed by atoms with Crippen molar-refractivity contribution >= 4 is 22.7 Å². The number of rotatable bonds is 3. The van der Waals surface area contributed by atoms with E-state index in [0.717, 1.165) is 23.2 Å². The molecule has 130 valence electrons. The monoisotopic (exact) mass is 373 g/mol. The SMILES string of the molecule is Cn1c(CN2CCc3sccc3[C@H]2c2cccs2)cc(=O)n(C)c1=O. The molecule has 0 bridgehead atoms. The van der Waals surface area contributed by atoms with Crippen LogP contribution in [0.1, 0.15) is 27.1 Å². The number of hydrogen-bond donors (Lipinski definition) is 0. The van der Waals surface area contributed by atoms with Gasteiger partial charge in [0.25, 0.3) is 5.56 Å². The highest BCUT2D eigenvalue weighted by Crippen LogP contribution is 2.39. The molecule has 0 fully saturated rings. The van der Waals surface area contributed by atoms with Crippen LogP contribution in [0.15, 0.2) is 44.6 Å². The summed E-state index contributed by atoms with van der Waals surface area (Å²) in [5.74, 6) is 0. The van der Waals surface area contributed by atoms with E-state index in [0.29, 0.717) is 6.54 Å². The lowest BCUT2D eigenvalue weighted by atomic mass is 9.98. The fourth-order valence-corrected chi connectivity index (χ4v) is 5.24. The maximum atomic E-state index is 12.2. The smallest absolute Gasteiger partial charge is 0.299 e. The Hall–Kier alpha value is -1.96. The van der Waals surface area contributed by atoms with Crippen LogP contribution in [0.4, 0.5) is 0 Å². The summed E-state index contributed by atoms with van der Waals surface area (Å²) >= 11 is 3.57. The molecule has 1 aliphatic rings. The van der Waals surface area contributed by atoms with Crippen LogP contribution in [-0.2, 0) is 27.1 Å². The summed E-state index contributed by atoms with van der Waals surface area (Å²) in [6, 6.07) is 8.22. The Morgan fingerprint density at radius 1 is 1.12 bits per heavy atom. The summed E-state index contributed by atoms with van der Waals surface area (Å²) in [5.41, 5.74) is 1.59. The Bertz CT molecular complexity index is 1010. The van der Waals surface area contributed by atoms with E-state index >= 15 is 0 Å². The van der Waals surface area contributed by atoms with E-state index in [1.807, 2.05) is 11.3 Å². The number of fused-ring (bicyclic) bond motifs is 1. The molecule has 0 spiro atoms. The zero-order chi connectivity index (χ0) is 17.6. The average Bonchev–Trinajstić information content (AvgIpc) is 3.29. The minimum atomic E-state index is -0.275. The molecule has 0 saturated carbocycles. The molecule has 0 unspecified atom stereocenters. The summed E-state index contributed by atoms with van der Waals surface area (Å²) in [7, 11) is 3.25. The van der Waals surface area contributed by atoms with Crippen LogP contribution in [0.2, 0.25) is 0 Å². The van der Waals surface area contributed by atoms with Gasteiger partial charge >= 0.3 is 5.69 Å². The van der Waals surface area contributed by atoms with Gasteiger partial charge < -0.3 is 0 Å². The van der Waals surface area contributed by atoms with E-state index in [-0.39, 0.29) is 17.3 Å². The Balaban J connectivity index is 1.76. The second-order valence-corrected chi connectivity index (χ2v) is 8.29. The minimum Gasteiger partial charge on any atom is -0.299 e. The minimum absolute atomic E-state index is 0.189. The van der Waals surface area contributed by atoms with Crippen LogP contribution in [0.3, 0.4) is 0 Å². The first kappa shape index (κ1) is 16.5. The molecule has 0 radical (unpaired) electrons. The van der Waals surface area contributed by atoms with Crippen molar-refractivity contribution in [2.75, 3.05) is 6.54 Å². The summed E-state index contributed by atoms with van der Waals surface area (Å²) in [4.78, 5) is 29.4. The third-order valence-corrected chi connectivity index (χ3v) is 6.79. The number of hydrogen-bond acceptors (Lipinski definition) is 5. The second-order valence-electron chi connectivity index (χ2n) is 6.31. The normalized spacial score (nSPS) is 17.6. The fraction of sp³-hybridized carbons (Fsp3) is 0.333. The first-order valence-electron chi connectivity index (χ1n) is 8.16. The van der Waals surface area contributed by atoms with Crippen molar-refractivity contribution in [1.29, 1.82) is 0 Å². The van der Waals surface area contributed by atoms with Crippen molar-refractivity contribution in [2.24, 2.45) is 14.1 Å². The van der Waals surface area contributed by atoms with Gasteiger partial charge in [0.1, 0.15) is 0 Å². The maximum absolute atomic E-state index is 12.2. The lowest BCUT2D eigenvalue weighted by Crippen LogP contribution is -2.41. The quantitative estimate of drug-likeness (QED) is 0.708. The molecule has 0 aromatic carbocycles. The van der Waals surface area contributed by atoms with Gasteiger partial charge in [-0.1, -0.05) is 6.07 Å². The Labute approximate surface area is 153 Å². The first-order valence-corrected chi connectivity index (χ1v) is 9.92. The van der Waals surface area contributed by atoms with E-state index in [1.54, 1.807) is 29.0 Å². The first-order chi connectivity index (χ1) is 12.1.